The first-order valence-electron chi connectivity index (χ1n) is 18.3. The molecule has 0 amide bonds. The summed E-state index contributed by atoms with van der Waals surface area (Å²) in [6, 6.07) is 65.7. The van der Waals surface area contributed by atoms with Crippen LogP contribution in [0.15, 0.2) is 193 Å². The summed E-state index contributed by atoms with van der Waals surface area (Å²) in [5.74, 6) is 0.664. The molecule has 0 aliphatic heterocycles. The van der Waals surface area contributed by atoms with Crippen molar-refractivity contribution in [2.75, 3.05) is 0 Å². The lowest BCUT2D eigenvalue weighted by atomic mass is 9.93. The average Bonchev–Trinajstić information content (AvgIpc) is 3.80. The predicted molar refractivity (Wildman–Crippen MR) is 224 cm³/mol. The van der Waals surface area contributed by atoms with Crippen LogP contribution in [0.2, 0.25) is 0 Å². The summed E-state index contributed by atoms with van der Waals surface area (Å²) in [7, 11) is 0. The fourth-order valence-corrected chi connectivity index (χ4v) is 8.42. The number of pyridine rings is 1. The maximum Gasteiger partial charge on any atom is 0.264 e. The van der Waals surface area contributed by atoms with Gasteiger partial charge in [0.2, 0.25) is 0 Å². The van der Waals surface area contributed by atoms with Gasteiger partial charge in [0.15, 0.2) is 0 Å². The molecule has 54 heavy (non-hydrogen) atoms. The molecule has 0 spiro atoms. The number of aromatic nitrogens is 3. The molecule has 0 saturated heterocycles. The molecule has 3 aromatic heterocycles. The normalized spacial score (nSPS) is 11.8. The van der Waals surface area contributed by atoms with E-state index in [1.165, 1.54) is 27.4 Å². The molecule has 0 aliphatic carbocycles. The standard InChI is InChI=1S/C50H31N3O/c54-50-42-23-8-7-22-41(42)47-39(26-27-44-48(47)53(50)49(51-44)32-13-3-1-4-14-32)37-18-12-17-35(30-37)33-15-11-16-34(29-33)36-25-28-46-43(31-36)40-21-9-10-24-45(40)52(46)38-19-5-2-6-20-38/h1-31H. The number of nitrogens with zero attached hydrogens (tertiary/aromatic N) is 3. The molecule has 0 N–H and O–H groups in total. The first kappa shape index (κ1) is 30.3. The van der Waals surface area contributed by atoms with Crippen LogP contribution in [0, 0.1) is 0 Å². The monoisotopic (exact) mass is 689 g/mol. The van der Waals surface area contributed by atoms with Gasteiger partial charge in [0.1, 0.15) is 5.82 Å². The molecule has 0 fully saturated rings. The van der Waals surface area contributed by atoms with Gasteiger partial charge in [-0.05, 0) is 93.4 Å². The van der Waals surface area contributed by atoms with Crippen molar-refractivity contribution in [1.29, 1.82) is 0 Å². The van der Waals surface area contributed by atoms with E-state index >= 15 is 0 Å². The SMILES string of the molecule is O=c1c2ccccc2c2c(-c3cccc(-c4cccc(-c5ccc6c(c5)c5ccccc5n6-c5ccccc5)c4)c3)ccc3nc(-c4ccccc4)n1c32. The third-order valence-electron chi connectivity index (χ3n) is 10.9. The van der Waals surface area contributed by atoms with E-state index in [2.05, 4.69) is 144 Å². The van der Waals surface area contributed by atoms with Crippen LogP contribution in [0.3, 0.4) is 0 Å². The largest absolute Gasteiger partial charge is 0.309 e. The van der Waals surface area contributed by atoms with E-state index < -0.39 is 0 Å². The Morgan fingerprint density at radius 1 is 0.407 bits per heavy atom. The molecule has 3 heterocycles. The van der Waals surface area contributed by atoms with Gasteiger partial charge >= 0.3 is 0 Å². The van der Waals surface area contributed by atoms with Crippen molar-refractivity contribution in [1.82, 2.24) is 14.0 Å². The van der Waals surface area contributed by atoms with Crippen LogP contribution >= 0.6 is 0 Å². The average molecular weight is 690 g/mol. The Balaban J connectivity index is 1.05. The van der Waals surface area contributed by atoms with E-state index in [1.807, 2.05) is 52.9 Å². The second-order valence-electron chi connectivity index (χ2n) is 13.9. The van der Waals surface area contributed by atoms with Gasteiger partial charge in [0, 0.05) is 32.8 Å². The van der Waals surface area contributed by atoms with Crippen LogP contribution in [-0.4, -0.2) is 14.0 Å². The Kier molecular flexibility index (Phi) is 6.67. The summed E-state index contributed by atoms with van der Waals surface area (Å²) in [6.07, 6.45) is 0. The Morgan fingerprint density at radius 2 is 0.981 bits per heavy atom. The molecule has 4 heteroatoms. The molecule has 0 bridgehead atoms. The molecule has 11 aromatic rings. The maximum absolute atomic E-state index is 14.1. The van der Waals surface area contributed by atoms with Gasteiger partial charge in [0.05, 0.1) is 22.1 Å². The zero-order valence-electron chi connectivity index (χ0n) is 29.1. The summed E-state index contributed by atoms with van der Waals surface area (Å²) in [6.45, 7) is 0. The van der Waals surface area contributed by atoms with E-state index in [0.29, 0.717) is 11.2 Å². The number of hydrogen-bond donors (Lipinski definition) is 0. The van der Waals surface area contributed by atoms with Crippen LogP contribution in [-0.2, 0) is 0 Å². The van der Waals surface area contributed by atoms with Gasteiger partial charge in [-0.2, -0.15) is 0 Å². The zero-order chi connectivity index (χ0) is 35.8. The molecular formula is C50H31N3O. The van der Waals surface area contributed by atoms with Gasteiger partial charge < -0.3 is 4.57 Å². The molecule has 0 radical (unpaired) electrons. The smallest absolute Gasteiger partial charge is 0.264 e. The van der Waals surface area contributed by atoms with Crippen molar-refractivity contribution in [3.8, 4) is 50.5 Å². The Morgan fingerprint density at radius 3 is 1.74 bits per heavy atom. The number of hydrogen-bond acceptors (Lipinski definition) is 2. The van der Waals surface area contributed by atoms with Crippen LogP contribution in [0.4, 0.5) is 0 Å². The quantitative estimate of drug-likeness (QED) is 0.169. The number of rotatable bonds is 5. The summed E-state index contributed by atoms with van der Waals surface area (Å²) < 4.78 is 4.16. The highest BCUT2D eigenvalue weighted by Gasteiger charge is 2.21. The van der Waals surface area contributed by atoms with Crippen LogP contribution in [0.5, 0.6) is 0 Å². The molecule has 4 nitrogen and oxygen atoms in total. The topological polar surface area (TPSA) is 39.3 Å². The highest BCUT2D eigenvalue weighted by molar-refractivity contribution is 6.18. The Labute approximate surface area is 310 Å². The van der Waals surface area contributed by atoms with E-state index in [9.17, 15) is 4.79 Å². The second kappa shape index (κ2) is 11.9. The van der Waals surface area contributed by atoms with Crippen molar-refractivity contribution in [2.24, 2.45) is 0 Å². The maximum atomic E-state index is 14.1. The third-order valence-corrected chi connectivity index (χ3v) is 10.9. The lowest BCUT2D eigenvalue weighted by molar-refractivity contribution is 1.13. The minimum Gasteiger partial charge on any atom is -0.309 e. The highest BCUT2D eigenvalue weighted by atomic mass is 16.1. The molecule has 0 aliphatic rings. The molecular weight excluding hydrogens is 659 g/mol. The zero-order valence-corrected chi connectivity index (χ0v) is 29.1. The minimum absolute atomic E-state index is 0.0509. The Bertz CT molecular complexity index is 3290. The van der Waals surface area contributed by atoms with Crippen LogP contribution < -0.4 is 5.56 Å². The number of para-hydroxylation sites is 2. The van der Waals surface area contributed by atoms with Crippen molar-refractivity contribution < 1.29 is 0 Å². The van der Waals surface area contributed by atoms with E-state index in [0.717, 1.165) is 60.9 Å². The van der Waals surface area contributed by atoms with Gasteiger partial charge in [-0.3, -0.25) is 9.20 Å². The van der Waals surface area contributed by atoms with Crippen LogP contribution in [0.1, 0.15) is 0 Å². The van der Waals surface area contributed by atoms with Crippen LogP contribution in [0.25, 0.3) is 99.5 Å². The predicted octanol–water partition coefficient (Wildman–Crippen LogP) is 12.2. The van der Waals surface area contributed by atoms with E-state index in [-0.39, 0.29) is 5.56 Å². The summed E-state index contributed by atoms with van der Waals surface area (Å²) in [5, 5.41) is 5.13. The molecule has 0 unspecified atom stereocenters. The number of fused-ring (bicyclic) bond motifs is 5. The van der Waals surface area contributed by atoms with Crippen molar-refractivity contribution in [3.63, 3.8) is 0 Å². The van der Waals surface area contributed by atoms with Gasteiger partial charge in [0.25, 0.3) is 5.56 Å². The van der Waals surface area contributed by atoms with Crippen molar-refractivity contribution >= 4 is 49.0 Å². The second-order valence-corrected chi connectivity index (χ2v) is 13.9. The fraction of sp³-hybridized carbons (Fsp3) is 0. The lowest BCUT2D eigenvalue weighted by Gasteiger charge is -2.13. The first-order valence-corrected chi connectivity index (χ1v) is 18.3. The highest BCUT2D eigenvalue weighted by Crippen LogP contribution is 2.40. The van der Waals surface area contributed by atoms with Crippen molar-refractivity contribution in [3.05, 3.63) is 198 Å². The Hall–Kier alpha value is -7.30. The van der Waals surface area contributed by atoms with Crippen molar-refractivity contribution in [2.45, 2.75) is 0 Å². The minimum atomic E-state index is -0.0509. The summed E-state index contributed by atoms with van der Waals surface area (Å²) in [4.78, 5) is 19.1. The third kappa shape index (κ3) is 4.57. The first-order chi connectivity index (χ1) is 26.7. The number of benzene rings is 8. The van der Waals surface area contributed by atoms with Gasteiger partial charge in [-0.1, -0.05) is 133 Å². The summed E-state index contributed by atoms with van der Waals surface area (Å²) >= 11 is 0. The van der Waals surface area contributed by atoms with E-state index in [4.69, 9.17) is 4.98 Å². The van der Waals surface area contributed by atoms with Gasteiger partial charge in [-0.15, -0.1) is 0 Å². The molecule has 8 aromatic carbocycles. The molecule has 11 rings (SSSR count). The molecule has 0 saturated carbocycles. The molecule has 0 atom stereocenters. The van der Waals surface area contributed by atoms with Gasteiger partial charge in [-0.25, -0.2) is 4.98 Å². The summed E-state index contributed by atoms with van der Waals surface area (Å²) in [5.41, 5.74) is 12.8. The number of imidazole rings is 1. The van der Waals surface area contributed by atoms with E-state index in [1.54, 1.807) is 0 Å². The molecule has 252 valence electrons. The fourth-order valence-electron chi connectivity index (χ4n) is 8.42. The lowest BCUT2D eigenvalue weighted by Crippen LogP contribution is -2.14.